The van der Waals surface area contributed by atoms with Crippen molar-refractivity contribution in [3.05, 3.63) is 59.2 Å². The van der Waals surface area contributed by atoms with Crippen molar-refractivity contribution in [2.45, 2.75) is 51.6 Å². The Balaban J connectivity index is 0.00000155. The van der Waals surface area contributed by atoms with E-state index in [4.69, 9.17) is 9.47 Å². The molecule has 7 nitrogen and oxygen atoms in total. The second kappa shape index (κ2) is 11.1. The Morgan fingerprint density at radius 1 is 1.17 bits per heavy atom. The van der Waals surface area contributed by atoms with E-state index in [0.29, 0.717) is 22.6 Å². The lowest BCUT2D eigenvalue weighted by molar-refractivity contribution is -0.179. The van der Waals surface area contributed by atoms with E-state index in [2.05, 4.69) is 5.32 Å². The van der Waals surface area contributed by atoms with Crippen LogP contribution in [0.2, 0.25) is 0 Å². The minimum Gasteiger partial charge on any atom is -0.457 e. The van der Waals surface area contributed by atoms with Gasteiger partial charge in [-0.1, -0.05) is 26.0 Å². The minimum absolute atomic E-state index is 0.176. The number of hydrogen-bond donors (Lipinski definition) is 4. The maximum atomic E-state index is 11.8. The molecule has 2 aromatic carbocycles. The van der Waals surface area contributed by atoms with E-state index in [1.807, 2.05) is 32.9 Å². The summed E-state index contributed by atoms with van der Waals surface area (Å²) in [6.07, 6.45) is -3.23. The molecule has 30 heavy (non-hydrogen) atoms. The van der Waals surface area contributed by atoms with Gasteiger partial charge in [0.05, 0.1) is 18.8 Å². The molecule has 0 aromatic heterocycles. The van der Waals surface area contributed by atoms with E-state index in [9.17, 15) is 20.1 Å². The molecule has 164 valence electrons. The molecule has 0 saturated carbocycles. The predicted octanol–water partition coefficient (Wildman–Crippen LogP) is 2.72. The van der Waals surface area contributed by atoms with Crippen LogP contribution >= 0.6 is 0 Å². The number of aliphatic hydroxyl groups is 3. The number of benzene rings is 2. The molecule has 7 heteroatoms. The largest absolute Gasteiger partial charge is 0.457 e. The highest BCUT2D eigenvalue weighted by atomic mass is 16.5. The van der Waals surface area contributed by atoms with Crippen LogP contribution in [0.25, 0.3) is 0 Å². The molecule has 0 radical (unpaired) electrons. The van der Waals surface area contributed by atoms with E-state index in [1.165, 1.54) is 0 Å². The first-order chi connectivity index (χ1) is 14.4. The third kappa shape index (κ3) is 5.79. The Morgan fingerprint density at radius 2 is 1.90 bits per heavy atom. The van der Waals surface area contributed by atoms with E-state index in [1.54, 1.807) is 37.4 Å². The highest BCUT2D eigenvalue weighted by Gasteiger charge is 2.37. The van der Waals surface area contributed by atoms with E-state index < -0.39 is 24.4 Å². The monoisotopic (exact) mass is 417 g/mol. The summed E-state index contributed by atoms with van der Waals surface area (Å²) >= 11 is 0. The van der Waals surface area contributed by atoms with Crippen LogP contribution in [0.4, 0.5) is 0 Å². The summed E-state index contributed by atoms with van der Waals surface area (Å²) in [5.74, 6) is 0.801. The van der Waals surface area contributed by atoms with E-state index in [-0.39, 0.29) is 18.9 Å². The molecule has 4 N–H and O–H groups in total. The number of nitrogens with one attached hydrogen (secondary N) is 1. The van der Waals surface area contributed by atoms with E-state index >= 15 is 0 Å². The van der Waals surface area contributed by atoms with E-state index in [0.717, 1.165) is 5.56 Å². The first kappa shape index (κ1) is 23.8. The molecule has 1 fully saturated rings. The number of rotatable bonds is 5. The molecule has 3 rings (SSSR count). The molecule has 0 bridgehead atoms. The summed E-state index contributed by atoms with van der Waals surface area (Å²) in [6.45, 7) is 5.65. The summed E-state index contributed by atoms with van der Waals surface area (Å²) in [6, 6.07) is 12.2. The maximum Gasteiger partial charge on any atom is 0.251 e. The SMILES string of the molecule is CC.CNC(=O)c1cccc(Oc2cc(C)cc([C@H]3OC(CO)CC(O)C3O)c2)c1. The highest BCUT2D eigenvalue weighted by Crippen LogP contribution is 2.35. The summed E-state index contributed by atoms with van der Waals surface area (Å²) in [4.78, 5) is 11.8. The molecule has 1 amide bonds. The number of amides is 1. The number of hydrogen-bond acceptors (Lipinski definition) is 6. The summed E-state index contributed by atoms with van der Waals surface area (Å²) in [5.41, 5.74) is 2.00. The third-order valence-corrected chi connectivity index (χ3v) is 4.71. The number of carbonyl (C=O) groups is 1. The van der Waals surface area contributed by atoms with Crippen LogP contribution in [0.5, 0.6) is 11.5 Å². The van der Waals surface area contributed by atoms with Crippen LogP contribution in [-0.4, -0.2) is 53.2 Å². The van der Waals surface area contributed by atoms with Crippen molar-refractivity contribution < 1.29 is 29.6 Å². The fraction of sp³-hybridized carbons (Fsp3) is 0.435. The standard InChI is InChI=1S/C21H25NO6.C2H6/c1-12-6-14(20-19(25)18(24)10-17(11-23)28-20)9-16(7-12)27-15-5-3-4-13(8-15)21(26)22-2;1-2/h3-9,17-20,23-25H,10-11H2,1-2H3,(H,22,26);1-2H3/t17?,18?,19?,20-;/m1./s1. The lowest BCUT2D eigenvalue weighted by Gasteiger charge is -2.37. The zero-order valence-electron chi connectivity index (χ0n) is 17.8. The minimum atomic E-state index is -1.10. The first-order valence-corrected chi connectivity index (χ1v) is 10.1. The molecule has 2 aromatic rings. The average Bonchev–Trinajstić information content (AvgIpc) is 2.76. The fourth-order valence-corrected chi connectivity index (χ4v) is 3.33. The molecule has 4 atom stereocenters. The van der Waals surface area contributed by atoms with Crippen LogP contribution in [0, 0.1) is 6.92 Å². The van der Waals surface area contributed by atoms with Gasteiger partial charge in [0, 0.05) is 19.0 Å². The van der Waals surface area contributed by atoms with Gasteiger partial charge in [0.25, 0.3) is 5.91 Å². The van der Waals surface area contributed by atoms with Crippen LogP contribution in [0.1, 0.15) is 47.9 Å². The Kier molecular flexibility index (Phi) is 8.80. The summed E-state index contributed by atoms with van der Waals surface area (Å²) in [5, 5.41) is 32.4. The molecular weight excluding hydrogens is 386 g/mol. The van der Waals surface area contributed by atoms with Crippen molar-refractivity contribution in [3.63, 3.8) is 0 Å². The van der Waals surface area contributed by atoms with Gasteiger partial charge in [-0.15, -0.1) is 0 Å². The normalized spacial score (nSPS) is 23.2. The second-order valence-electron chi connectivity index (χ2n) is 6.94. The Bertz CT molecular complexity index is 840. The molecule has 1 aliphatic heterocycles. The zero-order chi connectivity index (χ0) is 22.3. The summed E-state index contributed by atoms with van der Waals surface area (Å²) in [7, 11) is 1.56. The summed E-state index contributed by atoms with van der Waals surface area (Å²) < 4.78 is 11.7. The Hall–Kier alpha value is -2.45. The first-order valence-electron chi connectivity index (χ1n) is 10.1. The molecule has 3 unspecified atom stereocenters. The van der Waals surface area contributed by atoms with Crippen LogP contribution < -0.4 is 10.1 Å². The van der Waals surface area contributed by atoms with Gasteiger partial charge in [-0.2, -0.15) is 0 Å². The van der Waals surface area contributed by atoms with Crippen molar-refractivity contribution in [3.8, 4) is 11.5 Å². The fourth-order valence-electron chi connectivity index (χ4n) is 3.33. The van der Waals surface area contributed by atoms with Gasteiger partial charge in [-0.3, -0.25) is 4.79 Å². The van der Waals surface area contributed by atoms with Crippen molar-refractivity contribution in [2.24, 2.45) is 0 Å². The van der Waals surface area contributed by atoms with Crippen molar-refractivity contribution in [1.29, 1.82) is 0 Å². The van der Waals surface area contributed by atoms with Crippen molar-refractivity contribution >= 4 is 5.91 Å². The molecule has 1 heterocycles. The number of aliphatic hydroxyl groups excluding tert-OH is 3. The highest BCUT2D eigenvalue weighted by molar-refractivity contribution is 5.94. The molecule has 1 saturated heterocycles. The van der Waals surface area contributed by atoms with Crippen molar-refractivity contribution in [1.82, 2.24) is 5.32 Å². The van der Waals surface area contributed by atoms with Gasteiger partial charge < -0.3 is 30.1 Å². The lowest BCUT2D eigenvalue weighted by Crippen LogP contribution is -2.44. The topological polar surface area (TPSA) is 108 Å². The maximum absolute atomic E-state index is 11.8. The van der Waals surface area contributed by atoms with Crippen molar-refractivity contribution in [2.75, 3.05) is 13.7 Å². The quantitative estimate of drug-likeness (QED) is 0.596. The Morgan fingerprint density at radius 3 is 2.57 bits per heavy atom. The smallest absolute Gasteiger partial charge is 0.251 e. The molecular formula is C23H31NO6. The lowest BCUT2D eigenvalue weighted by atomic mass is 9.92. The average molecular weight is 418 g/mol. The van der Waals surface area contributed by atoms with Gasteiger partial charge >= 0.3 is 0 Å². The third-order valence-electron chi connectivity index (χ3n) is 4.71. The van der Waals surface area contributed by atoms with Gasteiger partial charge in [0.2, 0.25) is 0 Å². The Labute approximate surface area is 177 Å². The number of aryl methyl sites for hydroxylation is 1. The number of carbonyl (C=O) groups excluding carboxylic acids is 1. The number of ether oxygens (including phenoxy) is 2. The molecule has 1 aliphatic rings. The predicted molar refractivity (Wildman–Crippen MR) is 114 cm³/mol. The molecule has 0 spiro atoms. The molecule has 0 aliphatic carbocycles. The second-order valence-corrected chi connectivity index (χ2v) is 6.94. The zero-order valence-corrected chi connectivity index (χ0v) is 17.8. The van der Waals surface area contributed by atoms with Crippen LogP contribution in [0.3, 0.4) is 0 Å². The van der Waals surface area contributed by atoms with Gasteiger partial charge in [0.15, 0.2) is 0 Å². The van der Waals surface area contributed by atoms with Gasteiger partial charge in [-0.05, 0) is 48.4 Å². The van der Waals surface area contributed by atoms with Gasteiger partial charge in [-0.25, -0.2) is 0 Å². The van der Waals surface area contributed by atoms with Crippen LogP contribution in [0.15, 0.2) is 42.5 Å². The van der Waals surface area contributed by atoms with Crippen LogP contribution in [-0.2, 0) is 4.74 Å². The van der Waals surface area contributed by atoms with Gasteiger partial charge in [0.1, 0.15) is 23.7 Å².